The minimum Gasteiger partial charge on any atom is -0.360 e. The molecule has 1 heterocycles. The summed E-state index contributed by atoms with van der Waals surface area (Å²) in [6, 6.07) is 16.8. The van der Waals surface area contributed by atoms with Crippen molar-refractivity contribution in [1.29, 1.82) is 0 Å². The highest BCUT2D eigenvalue weighted by Crippen LogP contribution is 2.39. The molecule has 1 aromatic heterocycles. The molecule has 0 aliphatic rings. The van der Waals surface area contributed by atoms with E-state index in [2.05, 4.69) is 4.98 Å². The number of nitrogens with one attached hydrogen (secondary N) is 1. The minimum atomic E-state index is -4.36. The molecule has 1 N–H and O–H groups in total. The Balaban J connectivity index is 2.01. The first-order valence-corrected chi connectivity index (χ1v) is 6.88. The van der Waals surface area contributed by atoms with E-state index in [-0.39, 0.29) is 11.3 Å². The summed E-state index contributed by atoms with van der Waals surface area (Å²) in [5.41, 5.74) is 2.26. The third-order valence-electron chi connectivity index (χ3n) is 3.64. The SMILES string of the molecule is Cc1c[nH]c(-c2ccc(-c3ccccc3)cc2)c1C(F)(F)F. The quantitative estimate of drug-likeness (QED) is 0.627. The Labute approximate surface area is 126 Å². The lowest BCUT2D eigenvalue weighted by Crippen LogP contribution is -2.07. The molecule has 0 spiro atoms. The number of rotatable bonds is 2. The standard InChI is InChI=1S/C18H14F3N/c1-12-11-22-17(16(12)18(19,20)21)15-9-7-14(8-10-15)13-5-3-2-4-6-13/h2-11,22H,1H3. The van der Waals surface area contributed by atoms with E-state index >= 15 is 0 Å². The summed E-state index contributed by atoms with van der Waals surface area (Å²) in [7, 11) is 0. The van der Waals surface area contributed by atoms with Crippen molar-refractivity contribution in [3.05, 3.63) is 71.9 Å². The Bertz CT molecular complexity index is 768. The van der Waals surface area contributed by atoms with Crippen LogP contribution < -0.4 is 0 Å². The number of aromatic nitrogens is 1. The molecular formula is C18H14F3N. The van der Waals surface area contributed by atoms with Crippen molar-refractivity contribution in [2.75, 3.05) is 0 Å². The van der Waals surface area contributed by atoms with Crippen molar-refractivity contribution in [3.63, 3.8) is 0 Å². The molecule has 0 saturated heterocycles. The van der Waals surface area contributed by atoms with Crippen LogP contribution in [0.25, 0.3) is 22.4 Å². The van der Waals surface area contributed by atoms with Crippen molar-refractivity contribution >= 4 is 0 Å². The molecular weight excluding hydrogens is 287 g/mol. The predicted molar refractivity (Wildman–Crippen MR) is 81.4 cm³/mol. The van der Waals surface area contributed by atoms with Crippen molar-refractivity contribution in [2.24, 2.45) is 0 Å². The van der Waals surface area contributed by atoms with Gasteiger partial charge in [-0.1, -0.05) is 54.6 Å². The molecule has 3 aromatic rings. The number of alkyl halides is 3. The normalized spacial score (nSPS) is 11.6. The second-order valence-corrected chi connectivity index (χ2v) is 5.16. The maximum Gasteiger partial charge on any atom is 0.418 e. The lowest BCUT2D eigenvalue weighted by atomic mass is 10.0. The van der Waals surface area contributed by atoms with Crippen LogP contribution in [0.2, 0.25) is 0 Å². The molecule has 0 saturated carbocycles. The van der Waals surface area contributed by atoms with Gasteiger partial charge in [-0.2, -0.15) is 13.2 Å². The van der Waals surface area contributed by atoms with E-state index in [1.165, 1.54) is 13.1 Å². The molecule has 0 aliphatic heterocycles. The molecule has 112 valence electrons. The van der Waals surface area contributed by atoms with Crippen LogP contribution in [-0.4, -0.2) is 4.98 Å². The zero-order chi connectivity index (χ0) is 15.7. The molecule has 22 heavy (non-hydrogen) atoms. The van der Waals surface area contributed by atoms with Crippen molar-refractivity contribution in [3.8, 4) is 22.4 Å². The topological polar surface area (TPSA) is 15.8 Å². The number of aromatic amines is 1. The summed E-state index contributed by atoms with van der Waals surface area (Å²) in [4.78, 5) is 2.74. The highest BCUT2D eigenvalue weighted by atomic mass is 19.4. The molecule has 0 aliphatic carbocycles. The van der Waals surface area contributed by atoms with Gasteiger partial charge in [0.2, 0.25) is 0 Å². The Morgan fingerprint density at radius 1 is 0.773 bits per heavy atom. The molecule has 0 unspecified atom stereocenters. The maximum atomic E-state index is 13.2. The second kappa shape index (κ2) is 5.37. The number of hydrogen-bond acceptors (Lipinski definition) is 0. The molecule has 0 amide bonds. The van der Waals surface area contributed by atoms with Gasteiger partial charge < -0.3 is 4.98 Å². The molecule has 2 aromatic carbocycles. The highest BCUT2D eigenvalue weighted by Gasteiger charge is 2.36. The van der Waals surface area contributed by atoms with Crippen LogP contribution in [0.3, 0.4) is 0 Å². The number of halogens is 3. The highest BCUT2D eigenvalue weighted by molar-refractivity contribution is 5.71. The number of benzene rings is 2. The van der Waals surface area contributed by atoms with E-state index in [9.17, 15) is 13.2 Å². The fraction of sp³-hybridized carbons (Fsp3) is 0.111. The number of hydrogen-bond donors (Lipinski definition) is 1. The van der Waals surface area contributed by atoms with Gasteiger partial charge in [0, 0.05) is 6.20 Å². The van der Waals surface area contributed by atoms with Gasteiger partial charge in [0.05, 0.1) is 11.3 Å². The number of H-pyrrole nitrogens is 1. The fourth-order valence-electron chi connectivity index (χ4n) is 2.57. The Hall–Kier alpha value is -2.49. The van der Waals surface area contributed by atoms with Gasteiger partial charge in [-0.25, -0.2) is 0 Å². The summed E-state index contributed by atoms with van der Waals surface area (Å²) in [5, 5.41) is 0. The molecule has 3 rings (SSSR count). The Morgan fingerprint density at radius 3 is 1.91 bits per heavy atom. The largest absolute Gasteiger partial charge is 0.418 e. The van der Waals surface area contributed by atoms with Crippen LogP contribution in [-0.2, 0) is 6.18 Å². The summed E-state index contributed by atoms with van der Waals surface area (Å²) in [6.07, 6.45) is -2.97. The zero-order valence-electron chi connectivity index (χ0n) is 11.9. The van der Waals surface area contributed by atoms with E-state index in [0.717, 1.165) is 11.1 Å². The molecule has 0 radical (unpaired) electrons. The van der Waals surface area contributed by atoms with Gasteiger partial charge >= 0.3 is 6.18 Å². The second-order valence-electron chi connectivity index (χ2n) is 5.16. The third-order valence-corrected chi connectivity index (χ3v) is 3.64. The summed E-state index contributed by atoms with van der Waals surface area (Å²) < 4.78 is 39.5. The van der Waals surface area contributed by atoms with Crippen LogP contribution in [0.5, 0.6) is 0 Å². The summed E-state index contributed by atoms with van der Waals surface area (Å²) >= 11 is 0. The van der Waals surface area contributed by atoms with Gasteiger partial charge in [0.15, 0.2) is 0 Å². The minimum absolute atomic E-state index is 0.115. The molecule has 0 bridgehead atoms. The van der Waals surface area contributed by atoms with Crippen molar-refractivity contribution < 1.29 is 13.2 Å². The third kappa shape index (κ3) is 2.64. The van der Waals surface area contributed by atoms with E-state index in [1.54, 1.807) is 12.1 Å². The van der Waals surface area contributed by atoms with Crippen LogP contribution in [0.15, 0.2) is 60.8 Å². The van der Waals surface area contributed by atoms with Crippen molar-refractivity contribution in [2.45, 2.75) is 13.1 Å². The molecule has 4 heteroatoms. The average molecular weight is 301 g/mol. The maximum absolute atomic E-state index is 13.2. The van der Waals surface area contributed by atoms with E-state index in [4.69, 9.17) is 0 Å². The first-order chi connectivity index (χ1) is 10.5. The summed E-state index contributed by atoms with van der Waals surface area (Å²) in [6.45, 7) is 1.46. The fourth-order valence-corrected chi connectivity index (χ4v) is 2.57. The van der Waals surface area contributed by atoms with Gasteiger partial charge in [0.25, 0.3) is 0 Å². The van der Waals surface area contributed by atoms with Crippen molar-refractivity contribution in [1.82, 2.24) is 4.98 Å². The molecule has 0 fully saturated rings. The Kier molecular flexibility index (Phi) is 3.53. The average Bonchev–Trinajstić information content (AvgIpc) is 2.90. The molecule has 0 atom stereocenters. The van der Waals surface area contributed by atoms with Gasteiger partial charge in [0.1, 0.15) is 0 Å². The van der Waals surface area contributed by atoms with Gasteiger partial charge in [-0.05, 0) is 29.2 Å². The van der Waals surface area contributed by atoms with Gasteiger partial charge in [-0.15, -0.1) is 0 Å². The number of aryl methyl sites for hydroxylation is 1. The first kappa shape index (κ1) is 14.4. The van der Waals surface area contributed by atoms with Gasteiger partial charge in [-0.3, -0.25) is 0 Å². The lowest BCUT2D eigenvalue weighted by molar-refractivity contribution is -0.137. The summed E-state index contributed by atoms with van der Waals surface area (Å²) in [5.74, 6) is 0. The zero-order valence-corrected chi connectivity index (χ0v) is 11.9. The van der Waals surface area contributed by atoms with E-state index in [0.29, 0.717) is 5.56 Å². The van der Waals surface area contributed by atoms with Crippen LogP contribution in [0, 0.1) is 6.92 Å². The van der Waals surface area contributed by atoms with Crippen LogP contribution >= 0.6 is 0 Å². The lowest BCUT2D eigenvalue weighted by Gasteiger charge is -2.10. The van der Waals surface area contributed by atoms with E-state index < -0.39 is 11.7 Å². The smallest absolute Gasteiger partial charge is 0.360 e. The predicted octanol–water partition coefficient (Wildman–Crippen LogP) is 5.68. The molecule has 1 nitrogen and oxygen atoms in total. The Morgan fingerprint density at radius 2 is 1.32 bits per heavy atom. The monoisotopic (exact) mass is 301 g/mol. The first-order valence-electron chi connectivity index (χ1n) is 6.88. The van der Waals surface area contributed by atoms with E-state index in [1.807, 2.05) is 42.5 Å². The van der Waals surface area contributed by atoms with Crippen LogP contribution in [0.4, 0.5) is 13.2 Å². The van der Waals surface area contributed by atoms with Crippen LogP contribution in [0.1, 0.15) is 11.1 Å².